The minimum Gasteiger partial charge on any atom is -0.462 e. The highest BCUT2D eigenvalue weighted by atomic mass is 19.1. The molecule has 134 valence electrons. The number of anilines is 3. The van der Waals surface area contributed by atoms with Crippen molar-refractivity contribution in [3.05, 3.63) is 60.0 Å². The normalized spacial score (nSPS) is 10.6. The molecule has 3 rings (SSSR count). The molecule has 0 amide bonds. The minimum absolute atomic E-state index is 0.247. The Morgan fingerprint density at radius 2 is 1.92 bits per heavy atom. The number of aromatic nitrogens is 1. The van der Waals surface area contributed by atoms with E-state index in [0.29, 0.717) is 16.6 Å². The Morgan fingerprint density at radius 1 is 1.19 bits per heavy atom. The van der Waals surface area contributed by atoms with E-state index in [2.05, 4.69) is 10.3 Å². The zero-order valence-corrected chi connectivity index (χ0v) is 14.9. The molecule has 1 aromatic heterocycles. The van der Waals surface area contributed by atoms with Gasteiger partial charge in [-0.25, -0.2) is 9.18 Å². The van der Waals surface area contributed by atoms with Crippen molar-refractivity contribution in [2.45, 2.75) is 6.92 Å². The van der Waals surface area contributed by atoms with E-state index in [9.17, 15) is 9.18 Å². The van der Waals surface area contributed by atoms with Crippen LogP contribution in [0.1, 0.15) is 17.3 Å². The Kier molecular flexibility index (Phi) is 5.02. The summed E-state index contributed by atoms with van der Waals surface area (Å²) in [5.74, 6) is -0.898. The number of fused-ring (bicyclic) bond motifs is 1. The van der Waals surface area contributed by atoms with E-state index in [1.54, 1.807) is 13.0 Å². The van der Waals surface area contributed by atoms with Crippen LogP contribution in [0.25, 0.3) is 10.9 Å². The molecule has 5 nitrogen and oxygen atoms in total. The van der Waals surface area contributed by atoms with Crippen LogP contribution in [0.15, 0.2) is 48.7 Å². The number of esters is 1. The van der Waals surface area contributed by atoms with Gasteiger partial charge in [-0.1, -0.05) is 0 Å². The van der Waals surface area contributed by atoms with Crippen molar-refractivity contribution in [1.29, 1.82) is 0 Å². The summed E-state index contributed by atoms with van der Waals surface area (Å²) in [4.78, 5) is 18.6. The van der Waals surface area contributed by atoms with Crippen LogP contribution >= 0.6 is 0 Å². The highest BCUT2D eigenvalue weighted by Crippen LogP contribution is 2.31. The largest absolute Gasteiger partial charge is 0.462 e. The fraction of sp³-hybridized carbons (Fsp3) is 0.200. The molecular formula is C20H20FN3O2. The average molecular weight is 353 g/mol. The third-order valence-electron chi connectivity index (χ3n) is 3.98. The Morgan fingerprint density at radius 3 is 2.58 bits per heavy atom. The number of halogens is 1. The predicted octanol–water partition coefficient (Wildman–Crippen LogP) is 4.36. The van der Waals surface area contributed by atoms with Crippen molar-refractivity contribution in [2.24, 2.45) is 0 Å². The SMILES string of the molecule is CCOC(=O)c1cnc2ccc(F)cc2c1Nc1ccc(N(C)C)cc1. The summed E-state index contributed by atoms with van der Waals surface area (Å²) < 4.78 is 18.9. The molecule has 0 fully saturated rings. The maximum atomic E-state index is 13.8. The Hall–Kier alpha value is -3.15. The second-order valence-electron chi connectivity index (χ2n) is 6.00. The summed E-state index contributed by atoms with van der Waals surface area (Å²) in [5.41, 5.74) is 3.16. The number of pyridine rings is 1. The van der Waals surface area contributed by atoms with Gasteiger partial charge in [0.25, 0.3) is 0 Å². The van der Waals surface area contributed by atoms with Crippen LogP contribution in [-0.2, 0) is 4.74 Å². The van der Waals surface area contributed by atoms with E-state index in [0.717, 1.165) is 11.4 Å². The lowest BCUT2D eigenvalue weighted by molar-refractivity contribution is 0.0527. The van der Waals surface area contributed by atoms with Crippen LogP contribution in [0.5, 0.6) is 0 Å². The first-order valence-corrected chi connectivity index (χ1v) is 8.29. The first-order valence-electron chi connectivity index (χ1n) is 8.29. The summed E-state index contributed by atoms with van der Waals surface area (Å²) in [6.07, 6.45) is 1.45. The lowest BCUT2D eigenvalue weighted by atomic mass is 10.1. The number of carbonyl (C=O) groups excluding carboxylic acids is 1. The van der Waals surface area contributed by atoms with Crippen molar-refractivity contribution in [3.63, 3.8) is 0 Å². The number of hydrogen-bond acceptors (Lipinski definition) is 5. The maximum absolute atomic E-state index is 13.8. The van der Waals surface area contributed by atoms with Crippen molar-refractivity contribution in [2.75, 3.05) is 30.9 Å². The molecule has 0 atom stereocenters. The van der Waals surface area contributed by atoms with Gasteiger partial charge in [0.1, 0.15) is 11.4 Å². The Bertz CT molecular complexity index is 940. The highest BCUT2D eigenvalue weighted by Gasteiger charge is 2.17. The number of hydrogen-bond donors (Lipinski definition) is 1. The molecule has 0 saturated carbocycles. The summed E-state index contributed by atoms with van der Waals surface area (Å²) in [7, 11) is 3.92. The zero-order valence-electron chi connectivity index (χ0n) is 14.9. The third-order valence-corrected chi connectivity index (χ3v) is 3.98. The molecule has 0 bridgehead atoms. The van der Waals surface area contributed by atoms with Crippen LogP contribution in [-0.4, -0.2) is 31.7 Å². The number of benzene rings is 2. The second kappa shape index (κ2) is 7.39. The number of nitrogens with one attached hydrogen (secondary N) is 1. The number of carbonyl (C=O) groups is 1. The number of ether oxygens (including phenoxy) is 1. The summed E-state index contributed by atoms with van der Waals surface area (Å²) in [6, 6.07) is 12.0. The monoisotopic (exact) mass is 353 g/mol. The lowest BCUT2D eigenvalue weighted by Gasteiger charge is -2.16. The van der Waals surface area contributed by atoms with Crippen LogP contribution < -0.4 is 10.2 Å². The van der Waals surface area contributed by atoms with Crippen LogP contribution in [0, 0.1) is 5.82 Å². The lowest BCUT2D eigenvalue weighted by Crippen LogP contribution is -2.10. The number of nitrogens with zero attached hydrogens (tertiary/aromatic N) is 2. The van der Waals surface area contributed by atoms with Gasteiger partial charge in [0.05, 0.1) is 17.8 Å². The van der Waals surface area contributed by atoms with E-state index in [4.69, 9.17) is 4.74 Å². The smallest absolute Gasteiger partial charge is 0.341 e. The van der Waals surface area contributed by atoms with Gasteiger partial charge in [0.2, 0.25) is 0 Å². The molecule has 0 aliphatic heterocycles. The molecule has 0 aliphatic rings. The van der Waals surface area contributed by atoms with Gasteiger partial charge in [-0.2, -0.15) is 0 Å². The van der Waals surface area contributed by atoms with E-state index < -0.39 is 11.8 Å². The van der Waals surface area contributed by atoms with E-state index in [1.165, 1.54) is 18.3 Å². The Balaban J connectivity index is 2.09. The van der Waals surface area contributed by atoms with Crippen LogP contribution in [0.3, 0.4) is 0 Å². The van der Waals surface area contributed by atoms with Gasteiger partial charge in [0.15, 0.2) is 0 Å². The molecule has 0 aliphatic carbocycles. The Labute approximate surface area is 151 Å². The summed E-state index contributed by atoms with van der Waals surface area (Å²) in [5, 5.41) is 3.74. The molecule has 0 spiro atoms. The van der Waals surface area contributed by atoms with Gasteiger partial charge < -0.3 is 15.0 Å². The van der Waals surface area contributed by atoms with Gasteiger partial charge in [-0.15, -0.1) is 0 Å². The summed E-state index contributed by atoms with van der Waals surface area (Å²) in [6.45, 7) is 1.98. The van der Waals surface area contributed by atoms with E-state index in [1.807, 2.05) is 43.3 Å². The number of rotatable bonds is 5. The van der Waals surface area contributed by atoms with Gasteiger partial charge >= 0.3 is 5.97 Å². The maximum Gasteiger partial charge on any atom is 0.341 e. The average Bonchev–Trinajstić information content (AvgIpc) is 2.62. The fourth-order valence-electron chi connectivity index (χ4n) is 2.65. The fourth-order valence-corrected chi connectivity index (χ4v) is 2.65. The first-order chi connectivity index (χ1) is 12.5. The zero-order chi connectivity index (χ0) is 18.7. The third kappa shape index (κ3) is 3.59. The molecular weight excluding hydrogens is 333 g/mol. The van der Waals surface area contributed by atoms with Crippen molar-refractivity contribution >= 4 is 33.9 Å². The van der Waals surface area contributed by atoms with Crippen LogP contribution in [0.2, 0.25) is 0 Å². The summed E-state index contributed by atoms with van der Waals surface area (Å²) >= 11 is 0. The van der Waals surface area contributed by atoms with Crippen molar-refractivity contribution in [1.82, 2.24) is 4.98 Å². The molecule has 2 aromatic carbocycles. The van der Waals surface area contributed by atoms with Crippen molar-refractivity contribution in [3.8, 4) is 0 Å². The van der Waals surface area contributed by atoms with E-state index in [-0.39, 0.29) is 12.2 Å². The van der Waals surface area contributed by atoms with E-state index >= 15 is 0 Å². The molecule has 26 heavy (non-hydrogen) atoms. The predicted molar refractivity (Wildman–Crippen MR) is 102 cm³/mol. The standard InChI is InChI=1S/C20H20FN3O2/c1-4-26-20(25)17-12-22-18-10-5-13(21)11-16(18)19(17)23-14-6-8-15(9-7-14)24(2)3/h5-12H,4H2,1-3H3,(H,22,23). The molecule has 1 heterocycles. The van der Waals surface area contributed by atoms with Gasteiger partial charge in [-0.3, -0.25) is 4.98 Å². The second-order valence-corrected chi connectivity index (χ2v) is 6.00. The molecule has 1 N–H and O–H groups in total. The minimum atomic E-state index is -0.501. The van der Waals surface area contributed by atoms with Crippen molar-refractivity contribution < 1.29 is 13.9 Å². The topological polar surface area (TPSA) is 54.5 Å². The quantitative estimate of drug-likeness (QED) is 0.691. The molecule has 0 unspecified atom stereocenters. The van der Waals surface area contributed by atoms with Gasteiger partial charge in [0, 0.05) is 37.1 Å². The molecule has 3 aromatic rings. The highest BCUT2D eigenvalue weighted by molar-refractivity contribution is 6.06. The first kappa shape index (κ1) is 17.7. The molecule has 0 saturated heterocycles. The van der Waals surface area contributed by atoms with Crippen LogP contribution in [0.4, 0.5) is 21.5 Å². The molecule has 0 radical (unpaired) electrons. The van der Waals surface area contributed by atoms with Gasteiger partial charge in [-0.05, 0) is 49.4 Å². The molecule has 6 heteroatoms.